The van der Waals surface area contributed by atoms with Crippen LogP contribution in [0.4, 0.5) is 0 Å². The maximum Gasteiger partial charge on any atom is 0.0874 e. The molecule has 0 N–H and O–H groups in total. The Morgan fingerprint density at radius 2 is 1.71 bits per heavy atom. The summed E-state index contributed by atoms with van der Waals surface area (Å²) in [4.78, 5) is 0. The molecule has 1 aromatic carbocycles. The number of hydrogen-bond acceptors (Lipinski definition) is 1. The van der Waals surface area contributed by atoms with Crippen LogP contribution in [0.3, 0.4) is 0 Å². The second-order valence-electron chi connectivity index (χ2n) is 4.46. The van der Waals surface area contributed by atoms with Crippen molar-refractivity contribution in [2.75, 3.05) is 7.11 Å². The molecule has 0 fully saturated rings. The third kappa shape index (κ3) is 2.16. The second-order valence-corrected chi connectivity index (χ2v) is 4.46. The van der Waals surface area contributed by atoms with Gasteiger partial charge in [0.2, 0.25) is 0 Å². The minimum atomic E-state index is -0.194. The topological polar surface area (TPSA) is 9.23 Å². The van der Waals surface area contributed by atoms with E-state index in [1.165, 1.54) is 11.1 Å². The van der Waals surface area contributed by atoms with Gasteiger partial charge < -0.3 is 4.74 Å². The highest BCUT2D eigenvalue weighted by molar-refractivity contribution is 5.33. The first-order valence-electron chi connectivity index (χ1n) is 5.13. The van der Waals surface area contributed by atoms with Gasteiger partial charge in [0.25, 0.3) is 0 Å². The maximum atomic E-state index is 5.51. The Bertz CT molecular complexity index is 300. The van der Waals surface area contributed by atoms with Crippen LogP contribution in [0.5, 0.6) is 0 Å². The molecule has 0 bridgehead atoms. The molecule has 0 aliphatic heterocycles. The molecule has 1 aromatic rings. The van der Waals surface area contributed by atoms with E-state index in [0.29, 0.717) is 5.92 Å². The third-order valence-electron chi connectivity index (χ3n) is 2.74. The van der Waals surface area contributed by atoms with Crippen LogP contribution in [0.2, 0.25) is 0 Å². The summed E-state index contributed by atoms with van der Waals surface area (Å²) < 4.78 is 5.51. The van der Waals surface area contributed by atoms with Gasteiger partial charge in [-0.2, -0.15) is 0 Å². The lowest BCUT2D eigenvalue weighted by Gasteiger charge is -2.27. The Morgan fingerprint density at radius 1 is 1.14 bits per heavy atom. The molecule has 1 heteroatoms. The van der Waals surface area contributed by atoms with Crippen molar-refractivity contribution < 1.29 is 4.74 Å². The van der Waals surface area contributed by atoms with Crippen LogP contribution in [0, 0.1) is 0 Å². The van der Waals surface area contributed by atoms with Crippen molar-refractivity contribution in [2.45, 2.75) is 39.2 Å². The predicted octanol–water partition coefficient (Wildman–Crippen LogP) is 3.69. The fraction of sp³-hybridized carbons (Fsp3) is 0.538. The van der Waals surface area contributed by atoms with E-state index in [9.17, 15) is 0 Å². The average molecular weight is 192 g/mol. The zero-order valence-electron chi connectivity index (χ0n) is 9.79. The van der Waals surface area contributed by atoms with E-state index in [0.717, 1.165) is 0 Å². The van der Waals surface area contributed by atoms with Crippen LogP contribution in [0.25, 0.3) is 0 Å². The Balaban J connectivity index is 3.20. The van der Waals surface area contributed by atoms with Gasteiger partial charge in [0, 0.05) is 7.11 Å². The van der Waals surface area contributed by atoms with Crippen LogP contribution in [-0.2, 0) is 10.3 Å². The Morgan fingerprint density at radius 3 is 2.21 bits per heavy atom. The zero-order valence-corrected chi connectivity index (χ0v) is 9.79. The van der Waals surface area contributed by atoms with E-state index >= 15 is 0 Å². The molecule has 0 aliphatic rings. The molecule has 0 radical (unpaired) electrons. The molecule has 1 nitrogen and oxygen atoms in total. The molecule has 0 saturated heterocycles. The predicted molar refractivity (Wildman–Crippen MR) is 60.6 cm³/mol. The molecule has 14 heavy (non-hydrogen) atoms. The van der Waals surface area contributed by atoms with E-state index in [1.807, 2.05) is 0 Å². The van der Waals surface area contributed by atoms with Crippen molar-refractivity contribution in [1.29, 1.82) is 0 Å². The smallest absolute Gasteiger partial charge is 0.0874 e. The van der Waals surface area contributed by atoms with Gasteiger partial charge in [-0.3, -0.25) is 0 Å². The van der Waals surface area contributed by atoms with Gasteiger partial charge in [-0.25, -0.2) is 0 Å². The molecule has 1 rings (SSSR count). The zero-order chi connectivity index (χ0) is 10.8. The largest absolute Gasteiger partial charge is 0.374 e. The van der Waals surface area contributed by atoms with Crippen molar-refractivity contribution in [3.05, 3.63) is 35.4 Å². The highest BCUT2D eigenvalue weighted by atomic mass is 16.5. The van der Waals surface area contributed by atoms with Crippen LogP contribution in [0.15, 0.2) is 24.3 Å². The molecule has 0 unspecified atom stereocenters. The molecular formula is C13H20O. The number of hydrogen-bond donors (Lipinski definition) is 0. The number of methoxy groups -OCH3 is 1. The quantitative estimate of drug-likeness (QED) is 0.709. The second kappa shape index (κ2) is 4.14. The van der Waals surface area contributed by atoms with Crippen molar-refractivity contribution in [3.8, 4) is 0 Å². The normalized spacial score (nSPS) is 12.1. The summed E-state index contributed by atoms with van der Waals surface area (Å²) in [5.41, 5.74) is 2.47. The lowest BCUT2D eigenvalue weighted by atomic mass is 9.88. The molecule has 0 heterocycles. The van der Waals surface area contributed by atoms with Crippen molar-refractivity contribution >= 4 is 0 Å². The van der Waals surface area contributed by atoms with Gasteiger partial charge in [0.05, 0.1) is 5.60 Å². The lowest BCUT2D eigenvalue weighted by Crippen LogP contribution is -2.21. The van der Waals surface area contributed by atoms with Crippen LogP contribution in [-0.4, -0.2) is 7.11 Å². The van der Waals surface area contributed by atoms with Crippen molar-refractivity contribution in [3.63, 3.8) is 0 Å². The minimum Gasteiger partial charge on any atom is -0.374 e. The maximum absolute atomic E-state index is 5.51. The fourth-order valence-corrected chi connectivity index (χ4v) is 1.66. The number of ether oxygens (including phenoxy) is 1. The summed E-state index contributed by atoms with van der Waals surface area (Å²) in [7, 11) is 1.76. The van der Waals surface area contributed by atoms with E-state index in [-0.39, 0.29) is 5.60 Å². The number of benzene rings is 1. The highest BCUT2D eigenvalue weighted by Gasteiger charge is 2.23. The van der Waals surface area contributed by atoms with Gasteiger partial charge in [-0.05, 0) is 30.9 Å². The third-order valence-corrected chi connectivity index (χ3v) is 2.74. The summed E-state index contributed by atoms with van der Waals surface area (Å²) in [6.45, 7) is 8.64. The first-order valence-corrected chi connectivity index (χ1v) is 5.13. The summed E-state index contributed by atoms with van der Waals surface area (Å²) >= 11 is 0. The first kappa shape index (κ1) is 11.3. The summed E-state index contributed by atoms with van der Waals surface area (Å²) in [6, 6.07) is 8.49. The van der Waals surface area contributed by atoms with Crippen molar-refractivity contribution in [1.82, 2.24) is 0 Å². The lowest BCUT2D eigenvalue weighted by molar-refractivity contribution is 0.0183. The van der Waals surface area contributed by atoms with E-state index in [2.05, 4.69) is 52.0 Å². The van der Waals surface area contributed by atoms with E-state index < -0.39 is 0 Å². The molecule has 0 spiro atoms. The molecule has 0 atom stereocenters. The molecule has 0 amide bonds. The summed E-state index contributed by atoms with van der Waals surface area (Å²) in [5.74, 6) is 0.542. The van der Waals surface area contributed by atoms with Gasteiger partial charge in [0.15, 0.2) is 0 Å². The minimum absolute atomic E-state index is 0.194. The summed E-state index contributed by atoms with van der Waals surface area (Å²) in [5, 5.41) is 0. The first-order chi connectivity index (χ1) is 6.49. The highest BCUT2D eigenvalue weighted by Crippen LogP contribution is 2.30. The van der Waals surface area contributed by atoms with Gasteiger partial charge in [-0.1, -0.05) is 38.1 Å². The number of rotatable bonds is 3. The molecular weight excluding hydrogens is 172 g/mol. The van der Waals surface area contributed by atoms with Crippen LogP contribution in [0.1, 0.15) is 44.7 Å². The van der Waals surface area contributed by atoms with E-state index in [1.54, 1.807) is 7.11 Å². The molecule has 0 aliphatic carbocycles. The Kier molecular flexibility index (Phi) is 3.33. The standard InChI is InChI=1S/C13H20O/c1-10(2)11-8-6-7-9-12(11)13(3,4)14-5/h6-10H,1-5H3. The fourth-order valence-electron chi connectivity index (χ4n) is 1.66. The Labute approximate surface area is 87.1 Å². The van der Waals surface area contributed by atoms with Gasteiger partial charge in [0.1, 0.15) is 0 Å². The average Bonchev–Trinajstić information content (AvgIpc) is 2.18. The van der Waals surface area contributed by atoms with Crippen LogP contribution >= 0.6 is 0 Å². The summed E-state index contributed by atoms with van der Waals surface area (Å²) in [6.07, 6.45) is 0. The molecule has 0 aromatic heterocycles. The Hall–Kier alpha value is -0.820. The van der Waals surface area contributed by atoms with E-state index in [4.69, 9.17) is 4.74 Å². The molecule has 78 valence electrons. The SMILES string of the molecule is COC(C)(C)c1ccccc1C(C)C. The molecule has 0 saturated carbocycles. The van der Waals surface area contributed by atoms with Crippen molar-refractivity contribution in [2.24, 2.45) is 0 Å². The van der Waals surface area contributed by atoms with Gasteiger partial charge in [-0.15, -0.1) is 0 Å². The van der Waals surface area contributed by atoms with Crippen LogP contribution < -0.4 is 0 Å². The van der Waals surface area contributed by atoms with Gasteiger partial charge >= 0.3 is 0 Å². The monoisotopic (exact) mass is 192 g/mol.